The van der Waals surface area contributed by atoms with Gasteiger partial charge >= 0.3 is 0 Å². The number of nitrogens with zero attached hydrogens (tertiary/aromatic N) is 1. The van der Waals surface area contributed by atoms with Gasteiger partial charge in [0.15, 0.2) is 0 Å². The molecular weight excluding hydrogens is 502 g/mol. The van der Waals surface area contributed by atoms with E-state index in [2.05, 4.69) is 5.32 Å². The standard InChI is InChI=1S/C24H39ClF2N2O5S/c1-2-33-14-17-13-29(35(31,32)18-9-6-15(26)7-10-18)21-12-16(8-11-22(21)34-17)28-24(30)23-19(25)4-3-5-20(23)27/h15-23H,2-14H2,1H3,(H,28,30). The van der Waals surface area contributed by atoms with Crippen molar-refractivity contribution >= 4 is 27.5 Å². The number of alkyl halides is 3. The quantitative estimate of drug-likeness (QED) is 0.500. The van der Waals surface area contributed by atoms with Crippen molar-refractivity contribution in [2.45, 2.75) is 118 Å². The average molecular weight is 541 g/mol. The molecule has 202 valence electrons. The van der Waals surface area contributed by atoms with Crippen LogP contribution in [0.4, 0.5) is 8.78 Å². The lowest BCUT2D eigenvalue weighted by molar-refractivity contribution is -0.138. The highest BCUT2D eigenvalue weighted by molar-refractivity contribution is 7.89. The summed E-state index contributed by atoms with van der Waals surface area (Å²) in [6, 6.07) is -0.715. The molecule has 3 aliphatic carbocycles. The SMILES string of the molecule is CCOCC1CN(S(=O)(=O)C2CCC(F)CC2)C2CC(NC(=O)C3C(F)CCCC3Cl)CCC2O1. The molecule has 1 N–H and O–H groups in total. The number of rotatable bonds is 7. The second-order valence-electron chi connectivity index (χ2n) is 10.5. The summed E-state index contributed by atoms with van der Waals surface area (Å²) in [6.45, 7) is 2.87. The molecule has 7 nitrogen and oxygen atoms in total. The predicted molar refractivity (Wildman–Crippen MR) is 129 cm³/mol. The van der Waals surface area contributed by atoms with Crippen LogP contribution in [0.25, 0.3) is 0 Å². The summed E-state index contributed by atoms with van der Waals surface area (Å²) >= 11 is 6.29. The second kappa shape index (κ2) is 11.9. The van der Waals surface area contributed by atoms with Gasteiger partial charge in [0.1, 0.15) is 12.3 Å². The van der Waals surface area contributed by atoms with Gasteiger partial charge in [0.2, 0.25) is 15.9 Å². The monoisotopic (exact) mass is 540 g/mol. The number of fused-ring (bicyclic) bond motifs is 1. The van der Waals surface area contributed by atoms with Crippen molar-refractivity contribution in [1.29, 1.82) is 0 Å². The van der Waals surface area contributed by atoms with Gasteiger partial charge in [-0.15, -0.1) is 11.6 Å². The normalized spacial score (nSPS) is 41.2. The molecular formula is C24H39ClF2N2O5S. The number of hydrogen-bond acceptors (Lipinski definition) is 5. The molecule has 0 bridgehead atoms. The van der Waals surface area contributed by atoms with E-state index < -0.39 is 45.0 Å². The molecule has 4 rings (SSSR count). The first-order valence-electron chi connectivity index (χ1n) is 13.2. The summed E-state index contributed by atoms with van der Waals surface area (Å²) < 4.78 is 69.0. The number of nitrogens with one attached hydrogen (secondary N) is 1. The Morgan fingerprint density at radius 1 is 1.11 bits per heavy atom. The summed E-state index contributed by atoms with van der Waals surface area (Å²) in [4.78, 5) is 12.9. The van der Waals surface area contributed by atoms with Crippen molar-refractivity contribution in [1.82, 2.24) is 9.62 Å². The predicted octanol–water partition coefficient (Wildman–Crippen LogP) is 3.49. The molecule has 35 heavy (non-hydrogen) atoms. The fraction of sp³-hybridized carbons (Fsp3) is 0.958. The smallest absolute Gasteiger partial charge is 0.227 e. The van der Waals surface area contributed by atoms with Gasteiger partial charge < -0.3 is 14.8 Å². The number of amides is 1. The fourth-order valence-corrected chi connectivity index (χ4v) is 8.85. The molecule has 0 aromatic rings. The first-order valence-corrected chi connectivity index (χ1v) is 15.1. The molecule has 1 amide bonds. The van der Waals surface area contributed by atoms with E-state index in [-0.39, 0.29) is 43.5 Å². The number of carbonyl (C=O) groups excluding carboxylic acids is 1. The molecule has 1 aliphatic heterocycles. The highest BCUT2D eigenvalue weighted by atomic mass is 35.5. The van der Waals surface area contributed by atoms with Gasteiger partial charge in [0.25, 0.3) is 0 Å². The first kappa shape index (κ1) is 27.5. The number of morpholine rings is 1. The zero-order valence-electron chi connectivity index (χ0n) is 20.4. The molecule has 4 fully saturated rings. The summed E-state index contributed by atoms with van der Waals surface area (Å²) in [5, 5.41) is 1.83. The van der Waals surface area contributed by atoms with E-state index in [0.717, 1.165) is 0 Å². The highest BCUT2D eigenvalue weighted by Gasteiger charge is 2.49. The van der Waals surface area contributed by atoms with Crippen LogP contribution in [-0.4, -0.2) is 85.7 Å². The molecule has 0 aromatic heterocycles. The fourth-order valence-electron chi connectivity index (χ4n) is 6.20. The van der Waals surface area contributed by atoms with Crippen molar-refractivity contribution in [2.75, 3.05) is 19.8 Å². The minimum Gasteiger partial charge on any atom is -0.379 e. The second-order valence-corrected chi connectivity index (χ2v) is 13.2. The van der Waals surface area contributed by atoms with E-state index in [1.54, 1.807) is 4.31 Å². The van der Waals surface area contributed by atoms with Crippen molar-refractivity contribution in [3.63, 3.8) is 0 Å². The number of sulfonamides is 1. The molecule has 7 atom stereocenters. The van der Waals surface area contributed by atoms with Gasteiger partial charge in [-0.2, -0.15) is 4.31 Å². The summed E-state index contributed by atoms with van der Waals surface area (Å²) in [5.74, 6) is -1.26. The molecule has 0 aromatic carbocycles. The van der Waals surface area contributed by atoms with Crippen molar-refractivity contribution < 1.29 is 31.5 Å². The molecule has 0 spiro atoms. The van der Waals surface area contributed by atoms with E-state index >= 15 is 0 Å². The van der Waals surface area contributed by atoms with Crippen LogP contribution in [0.15, 0.2) is 0 Å². The third-order valence-corrected chi connectivity index (χ3v) is 11.0. The third kappa shape index (κ3) is 6.30. The maximum absolute atomic E-state index is 14.5. The molecule has 1 saturated heterocycles. The van der Waals surface area contributed by atoms with Gasteiger partial charge in [-0.25, -0.2) is 17.2 Å². The topological polar surface area (TPSA) is 84.9 Å². The maximum Gasteiger partial charge on any atom is 0.227 e. The van der Waals surface area contributed by atoms with Crippen molar-refractivity contribution in [2.24, 2.45) is 5.92 Å². The number of carbonyl (C=O) groups is 1. The maximum atomic E-state index is 14.5. The van der Waals surface area contributed by atoms with Gasteiger partial charge in [-0.1, -0.05) is 0 Å². The molecule has 0 radical (unpaired) electrons. The summed E-state index contributed by atoms with van der Waals surface area (Å²) in [7, 11) is -3.69. The minimum absolute atomic E-state index is 0.179. The Hall–Kier alpha value is -0.550. The first-order chi connectivity index (χ1) is 16.7. The average Bonchev–Trinajstić information content (AvgIpc) is 2.82. The Morgan fingerprint density at radius 2 is 1.86 bits per heavy atom. The van der Waals surface area contributed by atoms with Crippen LogP contribution in [0.1, 0.15) is 71.1 Å². The highest BCUT2D eigenvalue weighted by Crippen LogP contribution is 2.37. The zero-order chi connectivity index (χ0) is 25.2. The Morgan fingerprint density at radius 3 is 2.54 bits per heavy atom. The molecule has 7 unspecified atom stereocenters. The number of ether oxygens (including phenoxy) is 2. The Kier molecular flexibility index (Phi) is 9.33. The van der Waals surface area contributed by atoms with Crippen LogP contribution in [0.5, 0.6) is 0 Å². The van der Waals surface area contributed by atoms with Crippen LogP contribution < -0.4 is 5.32 Å². The molecule has 4 aliphatic rings. The van der Waals surface area contributed by atoms with E-state index in [1.807, 2.05) is 6.92 Å². The molecule has 1 heterocycles. The lowest BCUT2D eigenvalue weighted by Gasteiger charge is -2.49. The van der Waals surface area contributed by atoms with Gasteiger partial charge in [0, 0.05) is 24.6 Å². The lowest BCUT2D eigenvalue weighted by atomic mass is 9.84. The minimum atomic E-state index is -3.69. The largest absolute Gasteiger partial charge is 0.379 e. The van der Waals surface area contributed by atoms with Crippen LogP contribution in [0.3, 0.4) is 0 Å². The Balaban J connectivity index is 1.48. The molecule has 3 saturated carbocycles. The van der Waals surface area contributed by atoms with E-state index in [4.69, 9.17) is 21.1 Å². The van der Waals surface area contributed by atoms with Crippen LogP contribution in [0, 0.1) is 5.92 Å². The van der Waals surface area contributed by atoms with Gasteiger partial charge in [-0.3, -0.25) is 4.79 Å². The summed E-state index contributed by atoms with van der Waals surface area (Å²) in [5.41, 5.74) is 0. The van der Waals surface area contributed by atoms with Crippen LogP contribution >= 0.6 is 11.6 Å². The molecule has 11 heteroatoms. The van der Waals surface area contributed by atoms with Gasteiger partial charge in [0.05, 0.1) is 36.0 Å². The van der Waals surface area contributed by atoms with Crippen LogP contribution in [0.2, 0.25) is 0 Å². The summed E-state index contributed by atoms with van der Waals surface area (Å²) in [6.07, 6.45) is 1.46. The van der Waals surface area contributed by atoms with E-state index in [1.165, 1.54) is 0 Å². The van der Waals surface area contributed by atoms with Crippen molar-refractivity contribution in [3.8, 4) is 0 Å². The van der Waals surface area contributed by atoms with E-state index in [9.17, 15) is 22.0 Å². The zero-order valence-corrected chi connectivity index (χ0v) is 22.0. The Bertz CT molecular complexity index is 819. The number of halogens is 3. The number of hydrogen-bond donors (Lipinski definition) is 1. The van der Waals surface area contributed by atoms with Crippen molar-refractivity contribution in [3.05, 3.63) is 0 Å². The van der Waals surface area contributed by atoms with E-state index in [0.29, 0.717) is 64.6 Å². The Labute approximate surface area is 212 Å². The third-order valence-electron chi connectivity index (χ3n) is 8.12. The van der Waals surface area contributed by atoms with Crippen LogP contribution in [-0.2, 0) is 24.3 Å². The lowest BCUT2D eigenvalue weighted by Crippen LogP contribution is -2.63. The van der Waals surface area contributed by atoms with Gasteiger partial charge in [-0.05, 0) is 71.1 Å².